The molecule has 0 heterocycles. The minimum atomic E-state index is -1.06. The van der Waals surface area contributed by atoms with Gasteiger partial charge in [-0.3, -0.25) is 4.79 Å². The highest BCUT2D eigenvalue weighted by Crippen LogP contribution is 2.27. The van der Waals surface area contributed by atoms with E-state index in [0.717, 1.165) is 12.1 Å². The summed E-state index contributed by atoms with van der Waals surface area (Å²) in [5.74, 6) is -3.66. The van der Waals surface area contributed by atoms with Crippen molar-refractivity contribution in [3.8, 4) is 0 Å². The van der Waals surface area contributed by atoms with E-state index in [9.17, 15) is 18.0 Å². The van der Waals surface area contributed by atoms with Crippen LogP contribution in [0.4, 0.5) is 24.5 Å². The largest absolute Gasteiger partial charge is 0.399 e. The topological polar surface area (TPSA) is 55.1 Å². The van der Waals surface area contributed by atoms with E-state index in [2.05, 4.69) is 5.32 Å². The third kappa shape index (κ3) is 3.11. The Bertz CT molecular complexity index is 711. The second-order valence-electron chi connectivity index (χ2n) is 4.40. The quantitative estimate of drug-likeness (QED) is 0.826. The van der Waals surface area contributed by atoms with Crippen LogP contribution in [0.25, 0.3) is 0 Å². The van der Waals surface area contributed by atoms with E-state index in [-0.39, 0.29) is 21.8 Å². The van der Waals surface area contributed by atoms with Gasteiger partial charge in [-0.05, 0) is 30.7 Å². The van der Waals surface area contributed by atoms with Crippen LogP contribution in [0.1, 0.15) is 15.9 Å². The first-order valence-corrected chi connectivity index (χ1v) is 6.19. The lowest BCUT2D eigenvalue weighted by atomic mass is 10.1. The molecule has 0 radical (unpaired) electrons. The third-order valence-electron chi connectivity index (χ3n) is 2.77. The molecule has 3 N–H and O–H groups in total. The number of aryl methyl sites for hydroxylation is 1. The lowest BCUT2D eigenvalue weighted by molar-refractivity contribution is 0.102. The average molecular weight is 315 g/mol. The molecular formula is C14H10ClF3N2O. The number of nitrogens with two attached hydrogens (primary N) is 1. The first-order chi connectivity index (χ1) is 9.79. The molecule has 0 spiro atoms. The van der Waals surface area contributed by atoms with Crippen molar-refractivity contribution in [1.82, 2.24) is 0 Å². The van der Waals surface area contributed by atoms with Gasteiger partial charge in [0.05, 0.1) is 16.3 Å². The zero-order chi connectivity index (χ0) is 15.7. The molecule has 0 unspecified atom stereocenters. The summed E-state index contributed by atoms with van der Waals surface area (Å²) in [7, 11) is 0. The lowest BCUT2D eigenvalue weighted by Gasteiger charge is -2.11. The van der Waals surface area contributed by atoms with Gasteiger partial charge in [0.2, 0.25) is 0 Å². The fourth-order valence-electron chi connectivity index (χ4n) is 1.81. The van der Waals surface area contributed by atoms with Crippen LogP contribution in [0.3, 0.4) is 0 Å². The number of amides is 1. The molecule has 0 aromatic heterocycles. The fraction of sp³-hybridized carbons (Fsp3) is 0.0714. The first-order valence-electron chi connectivity index (χ1n) is 5.81. The summed E-state index contributed by atoms with van der Waals surface area (Å²) in [6.45, 7) is 1.44. The molecule has 7 heteroatoms. The summed E-state index contributed by atoms with van der Waals surface area (Å²) in [5.41, 5.74) is 5.12. The molecule has 0 atom stereocenters. The zero-order valence-corrected chi connectivity index (χ0v) is 11.6. The predicted octanol–water partition coefficient (Wildman–Crippen LogP) is 3.90. The predicted molar refractivity (Wildman–Crippen MR) is 74.9 cm³/mol. The summed E-state index contributed by atoms with van der Waals surface area (Å²) >= 11 is 5.66. The Labute approximate surface area is 123 Å². The van der Waals surface area contributed by atoms with E-state index in [1.807, 2.05) is 0 Å². The van der Waals surface area contributed by atoms with Crippen LogP contribution in [0.15, 0.2) is 24.3 Å². The van der Waals surface area contributed by atoms with Gasteiger partial charge in [0, 0.05) is 11.8 Å². The van der Waals surface area contributed by atoms with Crippen molar-refractivity contribution in [3.63, 3.8) is 0 Å². The Hall–Kier alpha value is -2.21. The van der Waals surface area contributed by atoms with Crippen LogP contribution < -0.4 is 11.1 Å². The average Bonchev–Trinajstić information content (AvgIpc) is 2.37. The van der Waals surface area contributed by atoms with E-state index in [1.54, 1.807) is 0 Å². The Balaban J connectivity index is 2.40. The minimum absolute atomic E-state index is 0.172. The van der Waals surface area contributed by atoms with E-state index < -0.39 is 29.0 Å². The highest BCUT2D eigenvalue weighted by Gasteiger charge is 2.18. The van der Waals surface area contributed by atoms with E-state index >= 15 is 0 Å². The minimum Gasteiger partial charge on any atom is -0.399 e. The van der Waals surface area contributed by atoms with Crippen LogP contribution >= 0.6 is 11.6 Å². The monoisotopic (exact) mass is 314 g/mol. The Morgan fingerprint density at radius 1 is 1.19 bits per heavy atom. The maximum atomic E-state index is 13.9. The Kier molecular flexibility index (Phi) is 4.09. The maximum absolute atomic E-state index is 13.9. The number of nitrogens with one attached hydrogen (secondary N) is 1. The molecule has 1 amide bonds. The molecular weight excluding hydrogens is 305 g/mol. The van der Waals surface area contributed by atoms with Gasteiger partial charge in [-0.25, -0.2) is 13.2 Å². The second kappa shape index (κ2) is 5.65. The highest BCUT2D eigenvalue weighted by atomic mass is 35.5. The van der Waals surface area contributed by atoms with Crippen molar-refractivity contribution in [3.05, 3.63) is 57.9 Å². The van der Waals surface area contributed by atoms with Gasteiger partial charge in [-0.2, -0.15) is 0 Å². The van der Waals surface area contributed by atoms with Crippen LogP contribution in [-0.2, 0) is 0 Å². The number of hydrogen-bond acceptors (Lipinski definition) is 2. The molecule has 2 rings (SSSR count). The molecule has 110 valence electrons. The summed E-state index contributed by atoms with van der Waals surface area (Å²) in [4.78, 5) is 12.0. The molecule has 0 bridgehead atoms. The van der Waals surface area contributed by atoms with Gasteiger partial charge in [0.1, 0.15) is 11.6 Å². The fourth-order valence-corrected chi connectivity index (χ4v) is 2.05. The normalized spacial score (nSPS) is 10.5. The molecule has 2 aromatic rings. The van der Waals surface area contributed by atoms with Crippen LogP contribution in [0, 0.1) is 24.4 Å². The van der Waals surface area contributed by atoms with E-state index in [4.69, 9.17) is 17.3 Å². The molecule has 0 aliphatic heterocycles. The zero-order valence-electron chi connectivity index (χ0n) is 10.8. The summed E-state index contributed by atoms with van der Waals surface area (Å²) in [5, 5.41) is 1.78. The number of hydrogen-bond donors (Lipinski definition) is 2. The number of carbonyl (C=O) groups is 1. The van der Waals surface area contributed by atoms with Gasteiger partial charge in [-0.15, -0.1) is 0 Å². The van der Waals surface area contributed by atoms with Gasteiger partial charge >= 0.3 is 0 Å². The number of nitrogen functional groups attached to an aromatic ring is 1. The smallest absolute Gasteiger partial charge is 0.258 e. The number of carbonyl (C=O) groups excluding carboxylic acids is 1. The van der Waals surface area contributed by atoms with Crippen molar-refractivity contribution < 1.29 is 18.0 Å². The second-order valence-corrected chi connectivity index (χ2v) is 4.81. The molecule has 0 saturated carbocycles. The lowest BCUT2D eigenvalue weighted by Crippen LogP contribution is -2.16. The molecule has 21 heavy (non-hydrogen) atoms. The van der Waals surface area contributed by atoms with Gasteiger partial charge < -0.3 is 11.1 Å². The molecule has 0 aliphatic rings. The van der Waals surface area contributed by atoms with Gasteiger partial charge in [0.25, 0.3) is 5.91 Å². The van der Waals surface area contributed by atoms with Crippen molar-refractivity contribution in [2.24, 2.45) is 0 Å². The highest BCUT2D eigenvalue weighted by molar-refractivity contribution is 6.34. The standard InChI is InChI=1S/C14H10ClF3N2O/c1-6-2-8(19)5-9(12(6)18)14(21)20-13-10(15)3-7(16)4-11(13)17/h2-5H,19H2,1H3,(H,20,21). The Morgan fingerprint density at radius 2 is 1.86 bits per heavy atom. The third-order valence-corrected chi connectivity index (χ3v) is 3.06. The van der Waals surface area contributed by atoms with Crippen molar-refractivity contribution in [2.75, 3.05) is 11.1 Å². The Morgan fingerprint density at radius 3 is 2.48 bits per heavy atom. The van der Waals surface area contributed by atoms with Gasteiger partial charge in [0.15, 0.2) is 5.82 Å². The van der Waals surface area contributed by atoms with Crippen LogP contribution in [0.5, 0.6) is 0 Å². The number of halogens is 4. The van der Waals surface area contributed by atoms with E-state index in [0.29, 0.717) is 6.07 Å². The van der Waals surface area contributed by atoms with Crippen LogP contribution in [0.2, 0.25) is 5.02 Å². The van der Waals surface area contributed by atoms with Crippen molar-refractivity contribution in [1.29, 1.82) is 0 Å². The molecule has 2 aromatic carbocycles. The van der Waals surface area contributed by atoms with Crippen molar-refractivity contribution in [2.45, 2.75) is 6.92 Å². The molecule has 0 saturated heterocycles. The first kappa shape index (κ1) is 15.2. The van der Waals surface area contributed by atoms with E-state index in [1.165, 1.54) is 13.0 Å². The molecule has 0 aliphatic carbocycles. The molecule has 0 fully saturated rings. The summed E-state index contributed by atoms with van der Waals surface area (Å²) in [6, 6.07) is 3.87. The summed E-state index contributed by atoms with van der Waals surface area (Å²) < 4.78 is 40.4. The SMILES string of the molecule is Cc1cc(N)cc(C(=O)Nc2c(F)cc(F)cc2Cl)c1F. The maximum Gasteiger partial charge on any atom is 0.258 e. The number of rotatable bonds is 2. The summed E-state index contributed by atoms with van der Waals surface area (Å²) in [6.07, 6.45) is 0. The number of benzene rings is 2. The van der Waals surface area contributed by atoms with Crippen LogP contribution in [-0.4, -0.2) is 5.91 Å². The molecule has 3 nitrogen and oxygen atoms in total. The number of anilines is 2. The van der Waals surface area contributed by atoms with Crippen molar-refractivity contribution >= 4 is 28.9 Å². The van der Waals surface area contributed by atoms with Gasteiger partial charge in [-0.1, -0.05) is 11.6 Å².